The molecule has 0 aliphatic carbocycles. The first kappa shape index (κ1) is 25.1. The molecule has 3 aromatic heterocycles. The maximum atomic E-state index is 12.4. The second-order valence-electron chi connectivity index (χ2n) is 8.26. The number of hydrogen-bond donors (Lipinski definition) is 0. The molecule has 0 bridgehead atoms. The van der Waals surface area contributed by atoms with Gasteiger partial charge in [-0.25, -0.2) is 4.79 Å². The van der Waals surface area contributed by atoms with Crippen molar-refractivity contribution in [2.75, 3.05) is 7.11 Å². The van der Waals surface area contributed by atoms with Gasteiger partial charge in [0.25, 0.3) is 0 Å². The largest absolute Gasteiger partial charge is 0.465 e. The maximum Gasteiger partial charge on any atom is 0.340 e. The third-order valence-electron chi connectivity index (χ3n) is 5.71. The first-order chi connectivity index (χ1) is 16.5. The highest BCUT2D eigenvalue weighted by Gasteiger charge is 2.14. The van der Waals surface area contributed by atoms with E-state index in [0.29, 0.717) is 16.8 Å². The summed E-state index contributed by atoms with van der Waals surface area (Å²) in [7, 11) is 1.36. The summed E-state index contributed by atoms with van der Waals surface area (Å²) < 4.78 is 15.8. The van der Waals surface area contributed by atoms with Gasteiger partial charge in [0, 0.05) is 17.3 Å². The quantitative estimate of drug-likeness (QED) is 0.300. The minimum Gasteiger partial charge on any atom is -0.465 e. The fourth-order valence-corrected chi connectivity index (χ4v) is 3.67. The van der Waals surface area contributed by atoms with Crippen LogP contribution in [0.1, 0.15) is 95.2 Å². The van der Waals surface area contributed by atoms with Crippen molar-refractivity contribution in [2.45, 2.75) is 66.2 Å². The first-order valence-electron chi connectivity index (χ1n) is 11.8. The molecular formula is C27H33N3O4. The highest BCUT2D eigenvalue weighted by atomic mass is 16.5. The Morgan fingerprint density at radius 3 is 2.00 bits per heavy atom. The third kappa shape index (κ3) is 6.10. The molecule has 0 aromatic carbocycles. The number of ether oxygens (including phenoxy) is 1. The molecule has 0 amide bonds. The second-order valence-corrected chi connectivity index (χ2v) is 8.26. The molecular weight excluding hydrogens is 430 g/mol. The number of methoxy groups -OCH3 is 1. The van der Waals surface area contributed by atoms with E-state index in [9.17, 15) is 4.79 Å². The third-order valence-corrected chi connectivity index (χ3v) is 5.71. The highest BCUT2D eigenvalue weighted by Crippen LogP contribution is 2.23. The van der Waals surface area contributed by atoms with Gasteiger partial charge in [-0.1, -0.05) is 43.1 Å². The van der Waals surface area contributed by atoms with Crippen LogP contribution < -0.4 is 0 Å². The molecule has 0 saturated heterocycles. The minimum absolute atomic E-state index is 0.393. The van der Waals surface area contributed by atoms with Crippen LogP contribution in [0.5, 0.6) is 0 Å². The van der Waals surface area contributed by atoms with Gasteiger partial charge in [-0.15, -0.1) is 0 Å². The van der Waals surface area contributed by atoms with Gasteiger partial charge < -0.3 is 13.8 Å². The number of rotatable bonds is 11. The van der Waals surface area contributed by atoms with Crippen molar-refractivity contribution in [3.63, 3.8) is 0 Å². The van der Waals surface area contributed by atoms with Crippen LogP contribution >= 0.6 is 0 Å². The summed E-state index contributed by atoms with van der Waals surface area (Å²) in [6, 6.07) is 1.86. The van der Waals surface area contributed by atoms with Crippen molar-refractivity contribution >= 4 is 30.3 Å². The van der Waals surface area contributed by atoms with Crippen LogP contribution in [0.3, 0.4) is 0 Å². The van der Waals surface area contributed by atoms with Gasteiger partial charge in [0.2, 0.25) is 0 Å². The first-order valence-corrected chi connectivity index (χ1v) is 11.8. The van der Waals surface area contributed by atoms with Gasteiger partial charge in [-0.2, -0.15) is 0 Å². The van der Waals surface area contributed by atoms with Gasteiger partial charge in [0.15, 0.2) is 0 Å². The molecule has 0 saturated carbocycles. The van der Waals surface area contributed by atoms with E-state index in [1.807, 2.05) is 44.2 Å². The Hall–Kier alpha value is -3.48. The molecule has 0 N–H and O–H groups in total. The topological polar surface area (TPSA) is 91.2 Å². The van der Waals surface area contributed by atoms with Crippen LogP contribution in [0.25, 0.3) is 24.3 Å². The Labute approximate surface area is 200 Å². The molecule has 0 radical (unpaired) electrons. The van der Waals surface area contributed by atoms with Crippen LogP contribution in [0.15, 0.2) is 21.3 Å². The Bertz CT molecular complexity index is 1170. The summed E-state index contributed by atoms with van der Waals surface area (Å²) in [5.41, 5.74) is 5.60. The molecule has 7 heteroatoms. The smallest absolute Gasteiger partial charge is 0.340 e. The molecule has 3 heterocycles. The molecule has 0 unspecified atom stereocenters. The summed E-state index contributed by atoms with van der Waals surface area (Å²) in [6.07, 6.45) is 15.2. The highest BCUT2D eigenvalue weighted by molar-refractivity contribution is 5.95. The Morgan fingerprint density at radius 2 is 1.47 bits per heavy atom. The lowest BCUT2D eigenvalue weighted by Gasteiger charge is -2.05. The van der Waals surface area contributed by atoms with E-state index in [0.717, 1.165) is 72.6 Å². The normalized spacial score (nSPS) is 11.7. The molecule has 0 aliphatic heterocycles. The van der Waals surface area contributed by atoms with Gasteiger partial charge in [-0.05, 0) is 69.4 Å². The SMILES string of the molecule is CCCCc1noc(C)c1C=Cc1cc(C=Cc2c(CCCC)noc2C)c(C(=O)OC)cn1. The van der Waals surface area contributed by atoms with Crippen LogP contribution in [-0.4, -0.2) is 28.4 Å². The number of carbonyl (C=O) groups excluding carboxylic acids is 1. The summed E-state index contributed by atoms with van der Waals surface area (Å²) in [5.74, 6) is 1.09. The number of aromatic nitrogens is 3. The number of carbonyl (C=O) groups is 1. The average Bonchev–Trinajstić information content (AvgIpc) is 3.39. The van der Waals surface area contributed by atoms with Gasteiger partial charge >= 0.3 is 5.97 Å². The van der Waals surface area contributed by atoms with Crippen molar-refractivity contribution in [3.8, 4) is 0 Å². The summed E-state index contributed by atoms with van der Waals surface area (Å²) in [6.45, 7) is 8.09. The minimum atomic E-state index is -0.437. The molecule has 180 valence electrons. The molecule has 3 rings (SSSR count). The van der Waals surface area contributed by atoms with Crippen molar-refractivity contribution in [1.82, 2.24) is 15.3 Å². The van der Waals surface area contributed by atoms with Gasteiger partial charge in [-0.3, -0.25) is 4.98 Å². The lowest BCUT2D eigenvalue weighted by Crippen LogP contribution is -2.05. The van der Waals surface area contributed by atoms with Crippen molar-refractivity contribution in [1.29, 1.82) is 0 Å². The Kier molecular flexibility index (Phi) is 8.96. The molecule has 0 fully saturated rings. The molecule has 3 aromatic rings. The van der Waals surface area contributed by atoms with Crippen molar-refractivity contribution in [2.24, 2.45) is 0 Å². The molecule has 0 aliphatic rings. The predicted octanol–water partition coefficient (Wildman–Crippen LogP) is 6.49. The maximum absolute atomic E-state index is 12.4. The van der Waals surface area contributed by atoms with E-state index in [-0.39, 0.29) is 0 Å². The zero-order chi connectivity index (χ0) is 24.5. The zero-order valence-corrected chi connectivity index (χ0v) is 20.7. The summed E-state index contributed by atoms with van der Waals surface area (Å²) in [5, 5.41) is 8.39. The standard InChI is InChI=1S/C27H33N3O4/c1-6-8-10-25-22(18(3)33-29-25)14-12-20-16-21(28-17-24(20)27(31)32-5)13-15-23-19(4)34-30-26(23)11-9-7-2/h12-17H,6-11H2,1-5H3. The summed E-state index contributed by atoms with van der Waals surface area (Å²) >= 11 is 0. The van der Waals surface area contributed by atoms with E-state index >= 15 is 0 Å². The fourth-order valence-electron chi connectivity index (χ4n) is 3.67. The number of hydrogen-bond acceptors (Lipinski definition) is 7. The average molecular weight is 464 g/mol. The van der Waals surface area contributed by atoms with E-state index in [1.54, 1.807) is 6.20 Å². The number of nitrogens with zero attached hydrogens (tertiary/aromatic N) is 3. The van der Waals surface area contributed by atoms with Crippen molar-refractivity contribution in [3.05, 3.63) is 63.1 Å². The lowest BCUT2D eigenvalue weighted by molar-refractivity contribution is 0.0600. The van der Waals surface area contributed by atoms with E-state index in [4.69, 9.17) is 13.8 Å². The Morgan fingerprint density at radius 1 is 0.912 bits per heavy atom. The van der Waals surface area contributed by atoms with E-state index in [1.165, 1.54) is 7.11 Å². The number of esters is 1. The van der Waals surface area contributed by atoms with Gasteiger partial charge in [0.05, 0.1) is 29.8 Å². The van der Waals surface area contributed by atoms with Gasteiger partial charge in [0.1, 0.15) is 11.5 Å². The monoisotopic (exact) mass is 463 g/mol. The van der Waals surface area contributed by atoms with Crippen molar-refractivity contribution < 1.29 is 18.6 Å². The lowest BCUT2D eigenvalue weighted by atomic mass is 10.0. The predicted molar refractivity (Wildman–Crippen MR) is 133 cm³/mol. The van der Waals surface area contributed by atoms with Crippen LogP contribution in [-0.2, 0) is 17.6 Å². The number of aryl methyl sites for hydroxylation is 4. The molecule has 0 spiro atoms. The fraction of sp³-hybridized carbons (Fsp3) is 0.407. The van der Waals surface area contributed by atoms with E-state index in [2.05, 4.69) is 29.1 Å². The summed E-state index contributed by atoms with van der Waals surface area (Å²) in [4.78, 5) is 16.8. The van der Waals surface area contributed by atoms with Crippen LogP contribution in [0.4, 0.5) is 0 Å². The Balaban J connectivity index is 1.93. The van der Waals surface area contributed by atoms with Crippen LogP contribution in [0.2, 0.25) is 0 Å². The number of pyridine rings is 1. The molecule has 34 heavy (non-hydrogen) atoms. The molecule has 7 nitrogen and oxygen atoms in total. The zero-order valence-electron chi connectivity index (χ0n) is 20.7. The number of unbranched alkanes of at least 4 members (excludes halogenated alkanes) is 2. The second kappa shape index (κ2) is 12.1. The van der Waals surface area contributed by atoms with E-state index < -0.39 is 5.97 Å². The van der Waals surface area contributed by atoms with Crippen LogP contribution in [0, 0.1) is 13.8 Å². The molecule has 0 atom stereocenters.